The fourth-order valence-electron chi connectivity index (χ4n) is 3.39. The molecule has 0 atom stereocenters. The van der Waals surface area contributed by atoms with E-state index in [4.69, 9.17) is 0 Å². The second-order valence-electron chi connectivity index (χ2n) is 6.96. The quantitative estimate of drug-likeness (QED) is 0.416. The number of halogens is 6. The predicted octanol–water partition coefficient (Wildman–Crippen LogP) is 5.32. The van der Waals surface area contributed by atoms with Gasteiger partial charge in [0, 0.05) is 36.1 Å². The first kappa shape index (κ1) is 22.2. The molecule has 33 heavy (non-hydrogen) atoms. The fourth-order valence-corrected chi connectivity index (χ4v) is 3.39. The second kappa shape index (κ2) is 7.87. The maximum Gasteiger partial charge on any atom is 0.433 e. The van der Waals surface area contributed by atoms with Crippen LogP contribution in [0, 0.1) is 0 Å². The summed E-state index contributed by atoms with van der Waals surface area (Å²) in [5.41, 5.74) is -4.08. The van der Waals surface area contributed by atoms with Crippen molar-refractivity contribution in [2.45, 2.75) is 12.4 Å². The van der Waals surface area contributed by atoms with E-state index in [2.05, 4.69) is 20.4 Å². The molecule has 0 unspecified atom stereocenters. The van der Waals surface area contributed by atoms with Crippen molar-refractivity contribution < 1.29 is 31.1 Å². The van der Waals surface area contributed by atoms with Crippen LogP contribution in [0.2, 0.25) is 0 Å². The molecule has 12 heteroatoms. The first-order valence-electron chi connectivity index (χ1n) is 9.29. The smallest absolute Gasteiger partial charge is 0.321 e. The van der Waals surface area contributed by atoms with Crippen molar-refractivity contribution in [3.8, 4) is 11.3 Å². The van der Waals surface area contributed by atoms with Crippen molar-refractivity contribution >= 4 is 22.5 Å². The van der Waals surface area contributed by atoms with E-state index in [1.807, 2.05) is 0 Å². The third-order valence-corrected chi connectivity index (χ3v) is 4.74. The Morgan fingerprint density at radius 1 is 0.939 bits per heavy atom. The van der Waals surface area contributed by atoms with Crippen LogP contribution in [-0.4, -0.2) is 25.7 Å². The highest BCUT2D eigenvalue weighted by atomic mass is 19.4. The van der Waals surface area contributed by atoms with Gasteiger partial charge in [-0.2, -0.15) is 31.4 Å². The molecule has 0 aliphatic heterocycles. The van der Waals surface area contributed by atoms with Crippen LogP contribution in [0.15, 0.2) is 54.9 Å². The summed E-state index contributed by atoms with van der Waals surface area (Å²) in [5.74, 6) is -1.28. The molecule has 3 aromatic heterocycles. The number of aryl methyl sites for hydroxylation is 1. The van der Waals surface area contributed by atoms with Crippen LogP contribution in [0.25, 0.3) is 22.2 Å². The number of amides is 1. The number of nitrogens with zero attached hydrogens (tertiary/aromatic N) is 4. The fraction of sp³-hybridized carbons (Fsp3) is 0.143. The normalized spacial score (nSPS) is 12.2. The minimum atomic E-state index is -5.00. The van der Waals surface area contributed by atoms with Crippen LogP contribution in [0.5, 0.6) is 0 Å². The van der Waals surface area contributed by atoms with Crippen LogP contribution >= 0.6 is 0 Å². The van der Waals surface area contributed by atoms with E-state index in [1.54, 1.807) is 18.2 Å². The van der Waals surface area contributed by atoms with Gasteiger partial charge in [0.2, 0.25) is 0 Å². The Morgan fingerprint density at radius 2 is 1.67 bits per heavy atom. The Labute approximate surface area is 181 Å². The van der Waals surface area contributed by atoms with Crippen LogP contribution < -0.4 is 5.32 Å². The van der Waals surface area contributed by atoms with E-state index in [-0.39, 0.29) is 16.8 Å². The highest BCUT2D eigenvalue weighted by molar-refractivity contribution is 6.06. The number of fused-ring (bicyclic) bond motifs is 1. The number of rotatable bonds is 3. The molecule has 0 radical (unpaired) electrons. The van der Waals surface area contributed by atoms with E-state index in [1.165, 1.54) is 18.3 Å². The number of nitrogens with one attached hydrogen (secondary N) is 1. The van der Waals surface area contributed by atoms with Crippen LogP contribution in [0.4, 0.5) is 32.0 Å². The number of para-hydroxylation sites is 1. The summed E-state index contributed by atoms with van der Waals surface area (Å²) < 4.78 is 81.7. The summed E-state index contributed by atoms with van der Waals surface area (Å²) in [4.78, 5) is 20.1. The number of carbonyl (C=O) groups is 1. The summed E-state index contributed by atoms with van der Waals surface area (Å²) in [6.07, 6.45) is -7.58. The lowest BCUT2D eigenvalue weighted by Crippen LogP contribution is -2.21. The number of anilines is 1. The second-order valence-corrected chi connectivity index (χ2v) is 6.96. The van der Waals surface area contributed by atoms with Gasteiger partial charge in [0.15, 0.2) is 0 Å². The minimum Gasteiger partial charge on any atom is -0.321 e. The molecule has 6 nitrogen and oxygen atoms in total. The Bertz CT molecular complexity index is 1350. The molecule has 4 rings (SSSR count). The summed E-state index contributed by atoms with van der Waals surface area (Å²) in [7, 11) is 1.14. The molecule has 4 aromatic rings. The van der Waals surface area contributed by atoms with Crippen LogP contribution in [0.1, 0.15) is 21.7 Å². The highest BCUT2D eigenvalue weighted by Crippen LogP contribution is 2.41. The van der Waals surface area contributed by atoms with E-state index < -0.39 is 40.9 Å². The topological polar surface area (TPSA) is 72.7 Å². The third-order valence-electron chi connectivity index (χ3n) is 4.74. The van der Waals surface area contributed by atoms with E-state index in [0.717, 1.165) is 24.0 Å². The molecule has 0 saturated carbocycles. The van der Waals surface area contributed by atoms with Gasteiger partial charge >= 0.3 is 12.4 Å². The summed E-state index contributed by atoms with van der Waals surface area (Å²) in [6.45, 7) is 0. The lowest BCUT2D eigenvalue weighted by atomic mass is 10.0. The lowest BCUT2D eigenvalue weighted by molar-refractivity contribution is -0.141. The molecule has 1 N–H and O–H groups in total. The van der Waals surface area contributed by atoms with Gasteiger partial charge in [-0.05, 0) is 18.2 Å². The number of hydrogen-bond donors (Lipinski definition) is 1. The van der Waals surface area contributed by atoms with Gasteiger partial charge in [-0.25, -0.2) is 0 Å². The van der Waals surface area contributed by atoms with Crippen molar-refractivity contribution in [1.29, 1.82) is 0 Å². The Balaban J connectivity index is 1.84. The van der Waals surface area contributed by atoms with E-state index in [9.17, 15) is 31.1 Å². The molecule has 1 amide bonds. The minimum absolute atomic E-state index is 0.0540. The van der Waals surface area contributed by atoms with Crippen molar-refractivity contribution in [3.63, 3.8) is 0 Å². The van der Waals surface area contributed by atoms with Crippen molar-refractivity contribution in [1.82, 2.24) is 19.7 Å². The molecule has 0 fully saturated rings. The third kappa shape index (κ3) is 4.23. The lowest BCUT2D eigenvalue weighted by Gasteiger charge is -2.12. The number of pyridine rings is 2. The zero-order valence-corrected chi connectivity index (χ0v) is 16.7. The molecular weight excluding hydrogens is 452 g/mol. The Morgan fingerprint density at radius 3 is 2.36 bits per heavy atom. The number of benzene rings is 1. The maximum atomic E-state index is 14.1. The van der Waals surface area contributed by atoms with Gasteiger partial charge < -0.3 is 5.32 Å². The van der Waals surface area contributed by atoms with Crippen LogP contribution in [0.3, 0.4) is 0 Å². The van der Waals surface area contributed by atoms with Gasteiger partial charge in [-0.3, -0.25) is 19.4 Å². The zero-order valence-electron chi connectivity index (χ0n) is 16.7. The van der Waals surface area contributed by atoms with Crippen LogP contribution in [-0.2, 0) is 19.4 Å². The van der Waals surface area contributed by atoms with Gasteiger partial charge in [0.05, 0.1) is 5.52 Å². The molecule has 0 aliphatic rings. The number of hydrogen-bond acceptors (Lipinski definition) is 4. The van der Waals surface area contributed by atoms with Gasteiger partial charge in [-0.1, -0.05) is 24.3 Å². The molecule has 3 heterocycles. The van der Waals surface area contributed by atoms with E-state index >= 15 is 0 Å². The largest absolute Gasteiger partial charge is 0.433 e. The molecule has 1 aromatic carbocycles. The molecule has 170 valence electrons. The average molecular weight is 465 g/mol. The summed E-state index contributed by atoms with van der Waals surface area (Å²) >= 11 is 0. The highest BCUT2D eigenvalue weighted by Gasteiger charge is 2.42. The first-order valence-corrected chi connectivity index (χ1v) is 9.29. The summed E-state index contributed by atoms with van der Waals surface area (Å²) in [6, 6.07) is 9.44. The van der Waals surface area contributed by atoms with Crippen molar-refractivity contribution in [3.05, 3.63) is 71.8 Å². The van der Waals surface area contributed by atoms with Gasteiger partial charge in [-0.15, -0.1) is 0 Å². The molecular formula is C21H13F6N5O. The zero-order chi connectivity index (χ0) is 24.0. The molecule has 0 aliphatic carbocycles. The van der Waals surface area contributed by atoms with Gasteiger partial charge in [0.25, 0.3) is 5.91 Å². The van der Waals surface area contributed by atoms with Crippen molar-refractivity contribution in [2.75, 3.05) is 5.32 Å². The van der Waals surface area contributed by atoms with Crippen molar-refractivity contribution in [2.24, 2.45) is 7.05 Å². The Hall–Kier alpha value is -3.96. The molecule has 0 bridgehead atoms. The Kier molecular flexibility index (Phi) is 5.30. The maximum absolute atomic E-state index is 14.1. The van der Waals surface area contributed by atoms with Gasteiger partial charge in [0.1, 0.15) is 22.6 Å². The number of carbonyl (C=O) groups excluding carboxylic acids is 1. The average Bonchev–Trinajstić information content (AvgIpc) is 3.10. The SMILES string of the molecule is Cn1nc(-c2cccc3cccnc23)c(C(F)(F)F)c1C(=O)Nc1ccnc(C(F)(F)F)c1. The predicted molar refractivity (Wildman–Crippen MR) is 106 cm³/mol. The monoisotopic (exact) mass is 465 g/mol. The molecule has 0 spiro atoms. The summed E-state index contributed by atoms with van der Waals surface area (Å²) in [5, 5.41) is 6.56. The molecule has 0 saturated heterocycles. The number of alkyl halides is 6. The first-order chi connectivity index (χ1) is 15.5. The standard InChI is InChI=1S/C21H13F6N5O/c1-32-18(19(33)30-12-7-9-28-14(10-12)20(22,23)24)15(21(25,26)27)17(31-32)13-6-2-4-11-5-3-8-29-16(11)13/h2-10H,1H3,(H,28,30,33). The number of aromatic nitrogens is 4. The van der Waals surface area contributed by atoms with E-state index in [0.29, 0.717) is 11.5 Å².